The number of nitrogens with one attached hydrogen (secondary N) is 1. The van der Waals surface area contributed by atoms with E-state index in [9.17, 15) is 5.11 Å². The van der Waals surface area contributed by atoms with Crippen molar-refractivity contribution in [1.29, 1.82) is 0 Å². The van der Waals surface area contributed by atoms with Crippen LogP contribution in [0.4, 0.5) is 0 Å². The number of aliphatic hydroxyl groups excluding tert-OH is 1. The first-order chi connectivity index (χ1) is 12.1. The van der Waals surface area contributed by atoms with Crippen LogP contribution in [0.3, 0.4) is 0 Å². The maximum absolute atomic E-state index is 11.0. The van der Waals surface area contributed by atoms with Gasteiger partial charge in [0, 0.05) is 0 Å². The van der Waals surface area contributed by atoms with E-state index in [1.165, 1.54) is 0 Å². The zero-order valence-electron chi connectivity index (χ0n) is 17.3. The highest BCUT2D eigenvalue weighted by Crippen LogP contribution is 2.34. The van der Waals surface area contributed by atoms with E-state index in [-0.39, 0.29) is 17.6 Å². The van der Waals surface area contributed by atoms with Crippen LogP contribution in [0.25, 0.3) is 5.70 Å². The van der Waals surface area contributed by atoms with E-state index in [1.54, 1.807) is 12.4 Å². The van der Waals surface area contributed by atoms with Crippen molar-refractivity contribution in [3.8, 4) is 5.75 Å². The topological polar surface area (TPSA) is 67.3 Å². The number of nitrogens with zero attached hydrogens (tertiary/aromatic N) is 2. The van der Waals surface area contributed by atoms with Crippen LogP contribution in [-0.4, -0.2) is 33.3 Å². The molecule has 0 aromatic carbocycles. The molecule has 3 atom stereocenters. The first-order valence-electron chi connectivity index (χ1n) is 9.71. The van der Waals surface area contributed by atoms with Gasteiger partial charge in [-0.15, -0.1) is 0 Å². The van der Waals surface area contributed by atoms with E-state index < -0.39 is 6.10 Å². The normalized spacial score (nSPS) is 22.2. The van der Waals surface area contributed by atoms with Gasteiger partial charge in [-0.1, -0.05) is 40.7 Å². The first-order valence-corrected chi connectivity index (χ1v) is 9.71. The van der Waals surface area contributed by atoms with E-state index in [0.29, 0.717) is 23.4 Å². The van der Waals surface area contributed by atoms with Crippen LogP contribution in [0.5, 0.6) is 5.75 Å². The van der Waals surface area contributed by atoms with Crippen molar-refractivity contribution >= 4 is 5.70 Å². The smallest absolute Gasteiger partial charge is 0.175 e. The van der Waals surface area contributed by atoms with E-state index >= 15 is 0 Å². The lowest BCUT2D eigenvalue weighted by Crippen LogP contribution is -2.52. The van der Waals surface area contributed by atoms with Crippen molar-refractivity contribution in [2.75, 3.05) is 0 Å². The van der Waals surface area contributed by atoms with Gasteiger partial charge in [0.2, 0.25) is 0 Å². The highest BCUT2D eigenvalue weighted by molar-refractivity contribution is 5.59. The van der Waals surface area contributed by atoms with Crippen molar-refractivity contribution < 1.29 is 9.84 Å². The lowest BCUT2D eigenvalue weighted by Gasteiger charge is -2.41. The van der Waals surface area contributed by atoms with Crippen LogP contribution in [0.15, 0.2) is 18.5 Å². The van der Waals surface area contributed by atoms with Crippen LogP contribution in [-0.2, 0) is 0 Å². The molecule has 0 radical (unpaired) electrons. The molecule has 5 nitrogen and oxygen atoms in total. The third kappa shape index (κ3) is 5.44. The molecule has 0 aliphatic carbocycles. The largest absolute Gasteiger partial charge is 0.488 e. The Morgan fingerprint density at radius 2 is 1.81 bits per heavy atom. The Hall–Kier alpha value is -1.62. The Kier molecular flexibility index (Phi) is 6.67. The number of rotatable bonds is 6. The summed E-state index contributed by atoms with van der Waals surface area (Å²) in [5, 5.41) is 14.5. The molecule has 2 rings (SSSR count). The van der Waals surface area contributed by atoms with Gasteiger partial charge in [0.25, 0.3) is 0 Å². The van der Waals surface area contributed by atoms with Crippen LogP contribution in [0.2, 0.25) is 0 Å². The van der Waals surface area contributed by atoms with E-state index in [1.807, 2.05) is 13.8 Å². The molecule has 0 amide bonds. The lowest BCUT2D eigenvalue weighted by atomic mass is 9.75. The number of hydrogen-bond donors (Lipinski definition) is 2. The Balaban J connectivity index is 2.21. The zero-order chi connectivity index (χ0) is 19.5. The summed E-state index contributed by atoms with van der Waals surface area (Å²) < 4.78 is 5.62. The molecule has 2 heterocycles. The van der Waals surface area contributed by atoms with Crippen molar-refractivity contribution in [2.24, 2.45) is 17.3 Å². The third-order valence-corrected chi connectivity index (χ3v) is 4.70. The van der Waals surface area contributed by atoms with Gasteiger partial charge in [-0.05, 0) is 43.9 Å². The number of allylic oxidation sites excluding steroid dienone is 1. The van der Waals surface area contributed by atoms with Gasteiger partial charge in [0.05, 0.1) is 36.3 Å². The van der Waals surface area contributed by atoms with Crippen LogP contribution < -0.4 is 10.1 Å². The molecule has 1 aromatic heterocycles. The summed E-state index contributed by atoms with van der Waals surface area (Å²) in [7, 11) is 0. The SMILES string of the molecule is CC(C)CC1CC=C(c2ncc(OC(C)C)cn2)NC1C(O)C(C)(C)C. The molecule has 146 valence electrons. The van der Waals surface area contributed by atoms with Crippen LogP contribution in [0.1, 0.15) is 67.1 Å². The fourth-order valence-corrected chi connectivity index (χ4v) is 3.44. The minimum absolute atomic E-state index is 0.00686. The molecule has 26 heavy (non-hydrogen) atoms. The van der Waals surface area contributed by atoms with Gasteiger partial charge in [-0.2, -0.15) is 0 Å². The number of ether oxygens (including phenoxy) is 1. The molecule has 1 aliphatic rings. The number of aliphatic hydroxyl groups is 1. The van der Waals surface area contributed by atoms with Gasteiger partial charge < -0.3 is 15.2 Å². The summed E-state index contributed by atoms with van der Waals surface area (Å²) >= 11 is 0. The number of hydrogen-bond acceptors (Lipinski definition) is 5. The van der Waals surface area contributed by atoms with E-state index in [0.717, 1.165) is 18.5 Å². The van der Waals surface area contributed by atoms with E-state index in [4.69, 9.17) is 4.74 Å². The van der Waals surface area contributed by atoms with Crippen molar-refractivity contribution in [2.45, 2.75) is 79.6 Å². The maximum atomic E-state index is 11.0. The average Bonchev–Trinajstić information content (AvgIpc) is 2.53. The summed E-state index contributed by atoms with van der Waals surface area (Å²) in [6, 6.07) is -0.00686. The number of aromatic nitrogens is 2. The molecular formula is C21H35N3O2. The standard InChI is InChI=1S/C21H35N3O2/c1-13(2)10-15-8-9-17(24-18(15)19(25)21(5,6)7)20-22-11-16(12-23-20)26-14(3)4/h9,11-15,18-19,24-25H,8,10H2,1-7H3. The Labute approximate surface area is 158 Å². The minimum atomic E-state index is -0.446. The molecule has 1 aliphatic heterocycles. The molecule has 0 spiro atoms. The summed E-state index contributed by atoms with van der Waals surface area (Å²) in [5.41, 5.74) is 0.708. The summed E-state index contributed by atoms with van der Waals surface area (Å²) in [6.45, 7) is 14.7. The van der Waals surface area contributed by atoms with E-state index in [2.05, 4.69) is 56.0 Å². The molecule has 0 fully saturated rings. The second-order valence-electron chi connectivity index (χ2n) is 9.13. The quantitative estimate of drug-likeness (QED) is 0.800. The molecular weight excluding hydrogens is 326 g/mol. The van der Waals surface area contributed by atoms with Crippen LogP contribution >= 0.6 is 0 Å². The average molecular weight is 362 g/mol. The zero-order valence-corrected chi connectivity index (χ0v) is 17.3. The predicted molar refractivity (Wildman–Crippen MR) is 106 cm³/mol. The van der Waals surface area contributed by atoms with Crippen molar-refractivity contribution in [3.63, 3.8) is 0 Å². The monoisotopic (exact) mass is 361 g/mol. The molecule has 0 saturated carbocycles. The summed E-state index contributed by atoms with van der Waals surface area (Å²) in [6.07, 6.45) is 7.23. The molecule has 0 saturated heterocycles. The van der Waals surface area contributed by atoms with Crippen LogP contribution in [0, 0.1) is 17.3 Å². The minimum Gasteiger partial charge on any atom is -0.488 e. The van der Waals surface area contributed by atoms with Crippen molar-refractivity contribution in [1.82, 2.24) is 15.3 Å². The van der Waals surface area contributed by atoms with Gasteiger partial charge in [-0.3, -0.25) is 0 Å². The van der Waals surface area contributed by atoms with Gasteiger partial charge in [0.15, 0.2) is 11.6 Å². The highest BCUT2D eigenvalue weighted by atomic mass is 16.5. The summed E-state index contributed by atoms with van der Waals surface area (Å²) in [5.74, 6) is 2.31. The molecule has 0 bridgehead atoms. The van der Waals surface area contributed by atoms with Gasteiger partial charge >= 0.3 is 0 Å². The molecule has 2 N–H and O–H groups in total. The fraction of sp³-hybridized carbons (Fsp3) is 0.714. The fourth-order valence-electron chi connectivity index (χ4n) is 3.44. The third-order valence-electron chi connectivity index (χ3n) is 4.70. The molecule has 1 aromatic rings. The van der Waals surface area contributed by atoms with Gasteiger partial charge in [0.1, 0.15) is 0 Å². The van der Waals surface area contributed by atoms with Gasteiger partial charge in [-0.25, -0.2) is 9.97 Å². The van der Waals surface area contributed by atoms with Crippen molar-refractivity contribution in [3.05, 3.63) is 24.3 Å². The molecule has 3 unspecified atom stereocenters. The lowest BCUT2D eigenvalue weighted by molar-refractivity contribution is 0.0102. The first kappa shape index (κ1) is 20.7. The Morgan fingerprint density at radius 1 is 1.19 bits per heavy atom. The molecule has 5 heteroatoms. The second-order valence-corrected chi connectivity index (χ2v) is 9.13. The predicted octanol–water partition coefficient (Wildman–Crippen LogP) is 4.04. The summed E-state index contributed by atoms with van der Waals surface area (Å²) in [4.78, 5) is 8.90. The maximum Gasteiger partial charge on any atom is 0.175 e. The highest BCUT2D eigenvalue weighted by Gasteiger charge is 2.38. The Morgan fingerprint density at radius 3 is 2.31 bits per heavy atom. The Bertz CT molecular complexity index is 603. The second kappa shape index (κ2) is 8.38.